The van der Waals surface area contributed by atoms with Crippen molar-refractivity contribution in [3.8, 4) is 0 Å². The van der Waals surface area contributed by atoms with E-state index in [0.717, 1.165) is 133 Å². The molecule has 514 valence electrons. The van der Waals surface area contributed by atoms with Crippen LogP contribution in [0.15, 0.2) is 52.7 Å². The number of aryl methyl sites for hydroxylation is 3. The van der Waals surface area contributed by atoms with Gasteiger partial charge in [0.05, 0.1) is 18.4 Å². The van der Waals surface area contributed by atoms with Crippen molar-refractivity contribution >= 4 is 22.7 Å². The SMILES string of the molecule is CC(C)c1csc(CNC23CC4CC(CC(C4)C2)C3)n1.CC(C)n1cc(CNC23CC4CC(CC(C4)C2)C3)cn1.Cc1ccc(CNC23CC4CC(CC(C4)C2)C3)[nH]1.Cc1ccc(CNC23CC4CC(CC(C4)C2)C3)o1.Cc1cnc(CNC23CC4CC(CC(C4)C2)C3)s1. The number of furan rings is 1. The van der Waals surface area contributed by atoms with Crippen molar-refractivity contribution in [1.29, 1.82) is 0 Å². The van der Waals surface area contributed by atoms with E-state index in [1.165, 1.54) is 230 Å². The van der Waals surface area contributed by atoms with Crippen LogP contribution in [0.5, 0.6) is 0 Å². The number of aromatic nitrogens is 5. The zero-order chi connectivity index (χ0) is 64.0. The number of thiazole rings is 2. The Morgan fingerprint density at radius 2 is 0.851 bits per heavy atom. The zero-order valence-corrected chi connectivity index (χ0v) is 60.8. The first kappa shape index (κ1) is 65.4. The van der Waals surface area contributed by atoms with Crippen molar-refractivity contribution in [3.05, 3.63) is 97.3 Å². The average Bonchev–Trinajstić information content (AvgIpc) is 1.01. The molecule has 20 bridgehead atoms. The van der Waals surface area contributed by atoms with Crippen molar-refractivity contribution in [1.82, 2.24) is 51.3 Å². The van der Waals surface area contributed by atoms with Crippen LogP contribution >= 0.6 is 22.7 Å². The Morgan fingerprint density at radius 3 is 1.17 bits per heavy atom. The molecule has 25 rings (SSSR count). The molecule has 20 fully saturated rings. The van der Waals surface area contributed by atoms with Crippen LogP contribution in [-0.2, 0) is 32.7 Å². The first-order chi connectivity index (χ1) is 45.4. The molecule has 20 saturated carbocycles. The molecule has 11 nitrogen and oxygen atoms in total. The van der Waals surface area contributed by atoms with Gasteiger partial charge in [-0.2, -0.15) is 5.10 Å². The summed E-state index contributed by atoms with van der Waals surface area (Å²) in [5.41, 5.74) is 7.59. The monoisotopic (exact) mass is 1310 g/mol. The van der Waals surface area contributed by atoms with E-state index < -0.39 is 0 Å². The van der Waals surface area contributed by atoms with Gasteiger partial charge < -0.3 is 36.0 Å². The first-order valence-electron chi connectivity index (χ1n) is 39.2. The molecule has 5 aromatic heterocycles. The Labute approximate surface area is 574 Å². The topological polar surface area (TPSA) is 133 Å². The fourth-order valence-electron chi connectivity index (χ4n) is 26.2. The lowest BCUT2D eigenvalue weighted by Gasteiger charge is -2.57. The van der Waals surface area contributed by atoms with Crippen LogP contribution in [0.4, 0.5) is 0 Å². The highest BCUT2D eigenvalue weighted by Gasteiger charge is 2.55. The average molecular weight is 1320 g/mol. The van der Waals surface area contributed by atoms with Gasteiger partial charge in [-0.25, -0.2) is 9.97 Å². The first-order valence-corrected chi connectivity index (χ1v) is 40.9. The van der Waals surface area contributed by atoms with Crippen LogP contribution in [-0.4, -0.2) is 52.4 Å². The third-order valence-electron chi connectivity index (χ3n) is 28.1. The maximum absolute atomic E-state index is 5.68. The Morgan fingerprint density at radius 1 is 0.468 bits per heavy atom. The minimum atomic E-state index is 0.454. The summed E-state index contributed by atoms with van der Waals surface area (Å²) in [6, 6.07) is 9.04. The van der Waals surface area contributed by atoms with Gasteiger partial charge in [0.25, 0.3) is 0 Å². The highest BCUT2D eigenvalue weighted by molar-refractivity contribution is 7.11. The van der Waals surface area contributed by atoms with Gasteiger partial charge in [0.2, 0.25) is 0 Å². The van der Waals surface area contributed by atoms with Crippen molar-refractivity contribution in [2.45, 2.75) is 313 Å². The normalized spacial score (nSPS) is 40.4. The van der Waals surface area contributed by atoms with Crippen LogP contribution in [0.3, 0.4) is 0 Å². The Balaban J connectivity index is 0.0000000930. The van der Waals surface area contributed by atoms with Gasteiger partial charge >= 0.3 is 0 Å². The van der Waals surface area contributed by atoms with Gasteiger partial charge in [-0.1, -0.05) is 13.8 Å². The molecule has 0 amide bonds. The fourth-order valence-corrected chi connectivity index (χ4v) is 27.8. The van der Waals surface area contributed by atoms with Crippen molar-refractivity contribution < 1.29 is 4.42 Å². The molecule has 0 atom stereocenters. The number of H-pyrrole nitrogens is 1. The summed E-state index contributed by atoms with van der Waals surface area (Å²) < 4.78 is 7.75. The summed E-state index contributed by atoms with van der Waals surface area (Å²) in [4.78, 5) is 14.0. The lowest BCUT2D eigenvalue weighted by Crippen LogP contribution is -2.58. The van der Waals surface area contributed by atoms with Crippen LogP contribution < -0.4 is 26.6 Å². The fraction of sp³-hybridized carbons (Fsp3) is 0.790. The smallest absolute Gasteiger partial charge is 0.117 e. The van der Waals surface area contributed by atoms with Crippen molar-refractivity contribution in [2.75, 3.05) is 0 Å². The molecule has 0 aromatic carbocycles. The van der Waals surface area contributed by atoms with E-state index in [1.54, 1.807) is 0 Å². The molecule has 20 aliphatic rings. The third kappa shape index (κ3) is 14.8. The van der Waals surface area contributed by atoms with Crippen LogP contribution in [0.1, 0.15) is 281 Å². The summed E-state index contributed by atoms with van der Waals surface area (Å²) in [5.74, 6) is 18.1. The van der Waals surface area contributed by atoms with Crippen LogP contribution in [0.25, 0.3) is 0 Å². The highest BCUT2D eigenvalue weighted by atomic mass is 32.1. The lowest BCUT2D eigenvalue weighted by molar-refractivity contribution is -0.0214. The molecule has 0 spiro atoms. The molecule has 6 N–H and O–H groups in total. The number of nitrogens with one attached hydrogen (secondary N) is 6. The van der Waals surface area contributed by atoms with Gasteiger partial charge in [-0.15, -0.1) is 22.7 Å². The number of hydrogen-bond donors (Lipinski definition) is 6. The Hall–Kier alpha value is -3.17. The number of hydrogen-bond acceptors (Lipinski definition) is 11. The molecule has 13 heteroatoms. The second-order valence-electron chi connectivity index (χ2n) is 37.0. The zero-order valence-electron chi connectivity index (χ0n) is 59.2. The minimum Gasteiger partial charge on any atom is -0.465 e. The van der Waals surface area contributed by atoms with Gasteiger partial charge in [-0.05, 0) is 346 Å². The second-order valence-corrected chi connectivity index (χ2v) is 39.3. The summed E-state index contributed by atoms with van der Waals surface area (Å²) in [7, 11) is 0. The molecule has 0 saturated heterocycles. The molecule has 5 aromatic rings. The molecule has 0 radical (unpaired) electrons. The van der Waals surface area contributed by atoms with Crippen molar-refractivity contribution in [2.24, 2.45) is 88.8 Å². The molecule has 94 heavy (non-hydrogen) atoms. The lowest BCUT2D eigenvalue weighted by atomic mass is 9.53. The quantitative estimate of drug-likeness (QED) is 0.0538. The number of rotatable bonds is 17. The van der Waals surface area contributed by atoms with E-state index in [2.05, 4.69) is 124 Å². The standard InChI is InChI=1S/C17H27N3.C17H26N2S.C16H24N2.C16H23NO.C15H22N2S/c1-12(2)20-11-16(10-19-20)9-18-17-6-13-3-14(7-17)5-15(4-13)8-17;1-11(2)15-10-20-16(19-15)9-18-17-6-12-3-13(7-17)5-14(4-12)8-17;2*1-11-2-3-15(18-11)10-17-16-7-12-4-13(8-16)6-14(5-12)9-16;1-10-8-16-14(18-10)9-17-15-5-11-2-12(6-15)4-13(3-11)7-15/h10-15,18H,3-9H2,1-2H3;10-14,18H,3-9H2,1-2H3;2-3,12-14,17-18H,4-10H2,1H3;2-3,12-14,17H,4-10H2,1H3;8,11-13,17H,2-7,9H2,1H3. The molecule has 20 aliphatic carbocycles. The third-order valence-corrected chi connectivity index (χ3v) is 29.9. The van der Waals surface area contributed by atoms with Crippen LogP contribution in [0, 0.1) is 110 Å². The van der Waals surface area contributed by atoms with E-state index in [0.29, 0.717) is 39.7 Å². The molecular formula is C81H122N10OS2. The minimum absolute atomic E-state index is 0.454. The molecular weight excluding hydrogens is 1190 g/mol. The van der Waals surface area contributed by atoms with E-state index in [1.807, 2.05) is 42.0 Å². The predicted octanol–water partition coefficient (Wildman–Crippen LogP) is 18.4. The molecule has 0 aliphatic heterocycles. The van der Waals surface area contributed by atoms with E-state index >= 15 is 0 Å². The summed E-state index contributed by atoms with van der Waals surface area (Å²) >= 11 is 3.68. The van der Waals surface area contributed by atoms with E-state index in [9.17, 15) is 0 Å². The predicted molar refractivity (Wildman–Crippen MR) is 383 cm³/mol. The Bertz CT molecular complexity index is 2870. The summed E-state index contributed by atoms with van der Waals surface area (Å²) in [5, 5.41) is 28.8. The second kappa shape index (κ2) is 26.7. The van der Waals surface area contributed by atoms with Gasteiger partial charge in [0.1, 0.15) is 21.5 Å². The maximum Gasteiger partial charge on any atom is 0.117 e. The summed E-state index contributed by atoms with van der Waals surface area (Å²) in [6.45, 7) is 20.0. The van der Waals surface area contributed by atoms with E-state index in [4.69, 9.17) is 9.40 Å². The molecule has 0 unspecified atom stereocenters. The van der Waals surface area contributed by atoms with Crippen LogP contribution in [0.2, 0.25) is 0 Å². The van der Waals surface area contributed by atoms with Gasteiger partial charge in [-0.3, -0.25) is 4.68 Å². The Kier molecular flexibility index (Phi) is 18.6. The number of nitrogens with zero attached hydrogens (tertiary/aromatic N) is 4. The van der Waals surface area contributed by atoms with Crippen molar-refractivity contribution in [3.63, 3.8) is 0 Å². The highest BCUT2D eigenvalue weighted by Crippen LogP contribution is 2.60. The largest absolute Gasteiger partial charge is 0.465 e. The maximum atomic E-state index is 5.68. The van der Waals surface area contributed by atoms with Gasteiger partial charge in [0.15, 0.2) is 0 Å². The molecule has 5 heterocycles. The number of aromatic amines is 1. The van der Waals surface area contributed by atoms with Gasteiger partial charge in [0, 0.05) is 99.5 Å². The summed E-state index contributed by atoms with van der Waals surface area (Å²) in [6.07, 6.45) is 50.5. The van der Waals surface area contributed by atoms with E-state index in [-0.39, 0.29) is 0 Å².